The quantitative estimate of drug-likeness (QED) is 0.634. The van der Waals surface area contributed by atoms with Gasteiger partial charge in [-0.05, 0) is 80.5 Å². The fraction of sp³-hybridized carbons (Fsp3) is 0.895. The van der Waals surface area contributed by atoms with E-state index in [9.17, 15) is 5.11 Å². The van der Waals surface area contributed by atoms with Gasteiger partial charge in [0.1, 0.15) is 0 Å². The third-order valence-electron chi connectivity index (χ3n) is 6.31. The van der Waals surface area contributed by atoms with Crippen molar-refractivity contribution in [2.24, 2.45) is 23.2 Å². The van der Waals surface area contributed by atoms with Gasteiger partial charge in [0.05, 0.1) is 5.60 Å². The van der Waals surface area contributed by atoms with Crippen LogP contribution in [0.3, 0.4) is 0 Å². The van der Waals surface area contributed by atoms with Crippen LogP contribution in [0.25, 0.3) is 0 Å². The lowest BCUT2D eigenvalue weighted by molar-refractivity contribution is 0.0597. The number of hydrogen-bond acceptors (Lipinski definition) is 1. The van der Waals surface area contributed by atoms with Gasteiger partial charge in [0.2, 0.25) is 0 Å². The molecule has 2 fully saturated rings. The lowest BCUT2D eigenvalue weighted by Crippen LogP contribution is -2.36. The maximum atomic E-state index is 9.89. The molecule has 0 unspecified atom stereocenters. The van der Waals surface area contributed by atoms with E-state index in [1.54, 1.807) is 5.57 Å². The Labute approximate surface area is 139 Å². The van der Waals surface area contributed by atoms with E-state index in [4.69, 9.17) is 0 Å². The summed E-state index contributed by atoms with van der Waals surface area (Å²) in [6.07, 6.45) is 10.2. The third-order valence-corrected chi connectivity index (χ3v) is 6.90. The molecule has 0 aromatic carbocycles. The van der Waals surface area contributed by atoms with Crippen LogP contribution < -0.4 is 0 Å². The first kappa shape index (κ1) is 17.5. The van der Waals surface area contributed by atoms with Crippen LogP contribution in [-0.4, -0.2) is 10.7 Å². The summed E-state index contributed by atoms with van der Waals surface area (Å²) in [5, 5.41) is 9.89. The van der Waals surface area contributed by atoms with Gasteiger partial charge < -0.3 is 5.11 Å². The van der Waals surface area contributed by atoms with Gasteiger partial charge in [-0.3, -0.25) is 0 Å². The minimum absolute atomic E-state index is 0.501. The molecule has 21 heavy (non-hydrogen) atoms. The van der Waals surface area contributed by atoms with Gasteiger partial charge in [-0.15, -0.1) is 0 Å². The van der Waals surface area contributed by atoms with Crippen molar-refractivity contribution in [1.82, 2.24) is 0 Å². The first-order valence-corrected chi connectivity index (χ1v) is 9.71. The maximum absolute atomic E-state index is 9.89. The van der Waals surface area contributed by atoms with E-state index in [-0.39, 0.29) is 0 Å². The van der Waals surface area contributed by atoms with Crippen molar-refractivity contribution in [3.05, 3.63) is 10.6 Å². The minimum atomic E-state index is -0.501. The Balaban J connectivity index is 1.97. The Morgan fingerprint density at radius 2 is 2.14 bits per heavy atom. The SMILES string of the molecule is C[C@H](CCCC(C)(C)O)[C@H]1CC[C@@H]2/C(=C/Br)CCC[C@@]21C. The highest BCUT2D eigenvalue weighted by Crippen LogP contribution is 2.59. The molecule has 1 N–H and O–H groups in total. The average Bonchev–Trinajstić information content (AvgIpc) is 2.73. The van der Waals surface area contributed by atoms with Crippen LogP contribution in [0.4, 0.5) is 0 Å². The van der Waals surface area contributed by atoms with Gasteiger partial charge in [-0.2, -0.15) is 0 Å². The highest BCUT2D eigenvalue weighted by atomic mass is 79.9. The zero-order chi connectivity index (χ0) is 15.7. The average molecular weight is 357 g/mol. The number of hydrogen-bond donors (Lipinski definition) is 1. The molecule has 0 amide bonds. The molecule has 4 atom stereocenters. The molecule has 0 heterocycles. The zero-order valence-electron chi connectivity index (χ0n) is 14.3. The number of rotatable bonds is 5. The number of fused-ring (bicyclic) bond motifs is 1. The molecule has 2 aliphatic carbocycles. The first-order valence-electron chi connectivity index (χ1n) is 8.79. The van der Waals surface area contributed by atoms with E-state index in [2.05, 4.69) is 34.8 Å². The highest BCUT2D eigenvalue weighted by Gasteiger charge is 2.50. The first-order chi connectivity index (χ1) is 9.78. The van der Waals surface area contributed by atoms with Crippen molar-refractivity contribution < 1.29 is 5.11 Å². The molecule has 0 saturated heterocycles. The van der Waals surface area contributed by atoms with Gasteiger partial charge in [-0.1, -0.05) is 48.2 Å². The molecule has 0 spiro atoms. The van der Waals surface area contributed by atoms with Gasteiger partial charge in [0, 0.05) is 0 Å². The summed E-state index contributed by atoms with van der Waals surface area (Å²) in [7, 11) is 0. The monoisotopic (exact) mass is 356 g/mol. The lowest BCUT2D eigenvalue weighted by atomic mass is 9.61. The summed E-state index contributed by atoms with van der Waals surface area (Å²) in [6, 6.07) is 0. The van der Waals surface area contributed by atoms with Gasteiger partial charge in [-0.25, -0.2) is 0 Å². The van der Waals surface area contributed by atoms with Crippen LogP contribution in [0.2, 0.25) is 0 Å². The van der Waals surface area contributed by atoms with Crippen LogP contribution in [0.5, 0.6) is 0 Å². The summed E-state index contributed by atoms with van der Waals surface area (Å²) >= 11 is 3.60. The Bertz CT molecular complexity index is 382. The molecule has 122 valence electrons. The molecule has 0 aromatic heterocycles. The Kier molecular flexibility index (Phi) is 5.63. The standard InChI is InChI=1S/C19H33BrO/c1-14(7-5-11-18(2,3)21)16-9-10-17-15(13-20)8-6-12-19(16,17)4/h13-14,16-17,21H,5-12H2,1-4H3/b15-13+/t14-,16-,17-,19-/m1/s1. The fourth-order valence-electron chi connectivity index (χ4n) is 5.20. The summed E-state index contributed by atoms with van der Waals surface area (Å²) in [6.45, 7) is 8.86. The molecule has 0 aromatic rings. The smallest absolute Gasteiger partial charge is 0.0591 e. The second kappa shape index (κ2) is 6.74. The van der Waals surface area contributed by atoms with E-state index in [1.165, 1.54) is 38.5 Å². The largest absolute Gasteiger partial charge is 0.390 e. The van der Waals surface area contributed by atoms with E-state index in [0.29, 0.717) is 5.41 Å². The van der Waals surface area contributed by atoms with E-state index >= 15 is 0 Å². The minimum Gasteiger partial charge on any atom is -0.390 e. The van der Waals surface area contributed by atoms with Crippen molar-refractivity contribution in [1.29, 1.82) is 0 Å². The Hall–Kier alpha value is 0.180. The maximum Gasteiger partial charge on any atom is 0.0591 e. The predicted molar refractivity (Wildman–Crippen MR) is 94.5 cm³/mol. The summed E-state index contributed by atoms with van der Waals surface area (Å²) in [4.78, 5) is 2.22. The molecule has 2 heteroatoms. The van der Waals surface area contributed by atoms with Crippen LogP contribution in [0.15, 0.2) is 10.6 Å². The van der Waals surface area contributed by atoms with Gasteiger partial charge in [0.15, 0.2) is 0 Å². The highest BCUT2D eigenvalue weighted by molar-refractivity contribution is 9.11. The summed E-state index contributed by atoms with van der Waals surface area (Å²) in [5.41, 5.74) is 1.68. The third kappa shape index (κ3) is 3.93. The van der Waals surface area contributed by atoms with Crippen molar-refractivity contribution in [3.63, 3.8) is 0 Å². The van der Waals surface area contributed by atoms with Crippen LogP contribution in [0, 0.1) is 23.2 Å². The van der Waals surface area contributed by atoms with Crippen molar-refractivity contribution in [3.8, 4) is 0 Å². The second-order valence-corrected chi connectivity index (χ2v) is 8.92. The molecule has 2 aliphatic rings. The lowest BCUT2D eigenvalue weighted by Gasteiger charge is -2.44. The second-order valence-electron chi connectivity index (χ2n) is 8.46. The van der Waals surface area contributed by atoms with Crippen molar-refractivity contribution in [2.45, 2.75) is 84.7 Å². The molecule has 2 saturated carbocycles. The number of aliphatic hydroxyl groups is 1. The fourth-order valence-corrected chi connectivity index (χ4v) is 5.75. The van der Waals surface area contributed by atoms with Crippen molar-refractivity contribution in [2.75, 3.05) is 0 Å². The summed E-state index contributed by atoms with van der Waals surface area (Å²) in [5.74, 6) is 2.47. The summed E-state index contributed by atoms with van der Waals surface area (Å²) < 4.78 is 0. The molecule has 1 nitrogen and oxygen atoms in total. The zero-order valence-corrected chi connectivity index (χ0v) is 15.9. The predicted octanol–water partition coefficient (Wildman–Crippen LogP) is 6.06. The van der Waals surface area contributed by atoms with Gasteiger partial charge in [0.25, 0.3) is 0 Å². The molecular weight excluding hydrogens is 324 g/mol. The van der Waals surface area contributed by atoms with Crippen LogP contribution in [0.1, 0.15) is 79.1 Å². The van der Waals surface area contributed by atoms with E-state index in [1.807, 2.05) is 13.8 Å². The normalized spacial score (nSPS) is 36.8. The topological polar surface area (TPSA) is 20.2 Å². The van der Waals surface area contributed by atoms with E-state index < -0.39 is 5.60 Å². The molecule has 2 rings (SSSR count). The molecule has 0 radical (unpaired) electrons. The Morgan fingerprint density at radius 1 is 1.43 bits per heavy atom. The van der Waals surface area contributed by atoms with E-state index in [0.717, 1.165) is 30.6 Å². The number of halogens is 1. The van der Waals surface area contributed by atoms with Gasteiger partial charge >= 0.3 is 0 Å². The number of allylic oxidation sites excluding steroid dienone is 1. The van der Waals surface area contributed by atoms with Crippen molar-refractivity contribution >= 4 is 15.9 Å². The molecule has 0 bridgehead atoms. The van der Waals surface area contributed by atoms with Crippen LogP contribution >= 0.6 is 15.9 Å². The van der Waals surface area contributed by atoms with Crippen LogP contribution in [-0.2, 0) is 0 Å². The Morgan fingerprint density at radius 3 is 2.76 bits per heavy atom. The molecule has 0 aliphatic heterocycles. The molecular formula is C19H33BrO.